The van der Waals surface area contributed by atoms with E-state index in [0.717, 1.165) is 10.2 Å². The molecule has 0 atom stereocenters. The molecule has 0 aliphatic carbocycles. The van der Waals surface area contributed by atoms with Crippen molar-refractivity contribution in [2.45, 2.75) is 6.92 Å². The smallest absolute Gasteiger partial charge is 0.411 e. The number of nitrogens with one attached hydrogen (secondary N) is 1. The zero-order valence-corrected chi connectivity index (χ0v) is 10.1. The van der Waals surface area contributed by atoms with Crippen molar-refractivity contribution < 1.29 is 14.3 Å². The summed E-state index contributed by atoms with van der Waals surface area (Å²) in [7, 11) is 1.58. The van der Waals surface area contributed by atoms with E-state index in [1.807, 2.05) is 0 Å². The summed E-state index contributed by atoms with van der Waals surface area (Å²) in [5.41, 5.74) is 0.647. The highest BCUT2D eigenvalue weighted by Gasteiger charge is 2.06. The zero-order chi connectivity index (χ0) is 11.3. The molecule has 0 aliphatic heterocycles. The third-order valence-corrected chi connectivity index (χ3v) is 2.34. The molecule has 82 valence electrons. The average molecular weight is 274 g/mol. The Hall–Kier alpha value is -1.23. The molecule has 1 amide bonds. The molecule has 0 saturated heterocycles. The Morgan fingerprint density at radius 3 is 2.80 bits per heavy atom. The lowest BCUT2D eigenvalue weighted by Crippen LogP contribution is -2.13. The summed E-state index contributed by atoms with van der Waals surface area (Å²) < 4.78 is 10.5. The standard InChI is InChI=1S/C10H12BrNO3/c1-3-15-10(13)12-9-5-4-7(14-2)6-8(9)11/h4-6H,3H2,1-2H3,(H,12,13). The van der Waals surface area contributed by atoms with Gasteiger partial charge in [-0.15, -0.1) is 0 Å². The first-order valence-corrected chi connectivity index (χ1v) is 5.24. The van der Waals surface area contributed by atoms with Gasteiger partial charge in [0.05, 0.1) is 19.4 Å². The maximum atomic E-state index is 11.1. The molecule has 4 nitrogen and oxygen atoms in total. The maximum Gasteiger partial charge on any atom is 0.411 e. The van der Waals surface area contributed by atoms with Crippen molar-refractivity contribution in [3.05, 3.63) is 22.7 Å². The van der Waals surface area contributed by atoms with Crippen LogP contribution in [0, 0.1) is 0 Å². The van der Waals surface area contributed by atoms with Gasteiger partial charge < -0.3 is 9.47 Å². The van der Waals surface area contributed by atoms with E-state index in [9.17, 15) is 4.79 Å². The molecule has 0 spiro atoms. The van der Waals surface area contributed by atoms with Gasteiger partial charge in [0, 0.05) is 4.47 Å². The van der Waals surface area contributed by atoms with Crippen LogP contribution < -0.4 is 10.1 Å². The lowest BCUT2D eigenvalue weighted by atomic mass is 10.3. The molecular weight excluding hydrogens is 262 g/mol. The number of amides is 1. The van der Waals surface area contributed by atoms with Gasteiger partial charge in [0.1, 0.15) is 5.75 Å². The summed E-state index contributed by atoms with van der Waals surface area (Å²) in [6.07, 6.45) is -0.469. The SMILES string of the molecule is CCOC(=O)Nc1ccc(OC)cc1Br. The molecule has 5 heteroatoms. The Kier molecular flexibility index (Phi) is 4.42. The van der Waals surface area contributed by atoms with E-state index in [1.165, 1.54) is 0 Å². The first-order valence-electron chi connectivity index (χ1n) is 4.44. The minimum atomic E-state index is -0.469. The highest BCUT2D eigenvalue weighted by Crippen LogP contribution is 2.27. The van der Waals surface area contributed by atoms with Crippen LogP contribution in [0.4, 0.5) is 10.5 Å². The van der Waals surface area contributed by atoms with Crippen molar-refractivity contribution in [3.63, 3.8) is 0 Å². The highest BCUT2D eigenvalue weighted by molar-refractivity contribution is 9.10. The lowest BCUT2D eigenvalue weighted by Gasteiger charge is -2.08. The highest BCUT2D eigenvalue weighted by atomic mass is 79.9. The predicted molar refractivity (Wildman–Crippen MR) is 61.3 cm³/mol. The van der Waals surface area contributed by atoms with E-state index in [2.05, 4.69) is 21.2 Å². The van der Waals surface area contributed by atoms with Gasteiger partial charge in [-0.2, -0.15) is 0 Å². The minimum absolute atomic E-state index is 0.347. The number of benzene rings is 1. The zero-order valence-electron chi connectivity index (χ0n) is 8.54. The Morgan fingerprint density at radius 1 is 1.53 bits per heavy atom. The molecular formula is C10H12BrNO3. The van der Waals surface area contributed by atoms with Gasteiger partial charge in [-0.1, -0.05) is 0 Å². The van der Waals surface area contributed by atoms with Crippen molar-refractivity contribution in [2.75, 3.05) is 19.0 Å². The normalized spacial score (nSPS) is 9.53. The summed E-state index contributed by atoms with van der Waals surface area (Å²) in [4.78, 5) is 11.1. The summed E-state index contributed by atoms with van der Waals surface area (Å²) in [6.45, 7) is 2.10. The molecule has 1 rings (SSSR count). The van der Waals surface area contributed by atoms with Crippen LogP contribution in [0.15, 0.2) is 22.7 Å². The third-order valence-electron chi connectivity index (χ3n) is 1.69. The molecule has 0 bridgehead atoms. The van der Waals surface area contributed by atoms with Crippen LogP contribution in [0.3, 0.4) is 0 Å². The van der Waals surface area contributed by atoms with Gasteiger partial charge in [-0.25, -0.2) is 4.79 Å². The van der Waals surface area contributed by atoms with Crippen molar-refractivity contribution in [1.82, 2.24) is 0 Å². The van der Waals surface area contributed by atoms with Crippen LogP contribution in [0.1, 0.15) is 6.92 Å². The molecule has 15 heavy (non-hydrogen) atoms. The summed E-state index contributed by atoms with van der Waals surface area (Å²) in [5.74, 6) is 0.719. The van der Waals surface area contributed by atoms with Crippen LogP contribution in [0.25, 0.3) is 0 Å². The Labute approximate surface area is 96.7 Å². The number of rotatable bonds is 3. The van der Waals surface area contributed by atoms with Crippen molar-refractivity contribution in [1.29, 1.82) is 0 Å². The molecule has 0 radical (unpaired) electrons. The van der Waals surface area contributed by atoms with Crippen molar-refractivity contribution >= 4 is 27.7 Å². The van der Waals surface area contributed by atoms with E-state index in [0.29, 0.717) is 12.3 Å². The Bertz CT molecular complexity index is 355. The number of anilines is 1. The van der Waals surface area contributed by atoms with Crippen LogP contribution in [0.5, 0.6) is 5.75 Å². The van der Waals surface area contributed by atoms with Gasteiger partial charge in [-0.05, 0) is 41.1 Å². The van der Waals surface area contributed by atoms with Crippen molar-refractivity contribution in [2.24, 2.45) is 0 Å². The fraction of sp³-hybridized carbons (Fsp3) is 0.300. The van der Waals surface area contributed by atoms with E-state index in [-0.39, 0.29) is 0 Å². The van der Waals surface area contributed by atoms with E-state index >= 15 is 0 Å². The molecule has 0 aliphatic rings. The second-order valence-electron chi connectivity index (χ2n) is 2.69. The third kappa shape index (κ3) is 3.43. The Morgan fingerprint density at radius 2 is 2.27 bits per heavy atom. The predicted octanol–water partition coefficient (Wildman–Crippen LogP) is 3.03. The average Bonchev–Trinajstić information content (AvgIpc) is 2.21. The van der Waals surface area contributed by atoms with Crippen LogP contribution in [0.2, 0.25) is 0 Å². The minimum Gasteiger partial charge on any atom is -0.497 e. The topological polar surface area (TPSA) is 47.6 Å². The maximum absolute atomic E-state index is 11.1. The second-order valence-corrected chi connectivity index (χ2v) is 3.55. The fourth-order valence-electron chi connectivity index (χ4n) is 1.00. The number of methoxy groups -OCH3 is 1. The quantitative estimate of drug-likeness (QED) is 0.921. The van der Waals surface area contributed by atoms with Gasteiger partial charge in [0.25, 0.3) is 0 Å². The fourth-order valence-corrected chi connectivity index (χ4v) is 1.46. The molecule has 1 N–H and O–H groups in total. The van der Waals surface area contributed by atoms with Gasteiger partial charge in [-0.3, -0.25) is 5.32 Å². The monoisotopic (exact) mass is 273 g/mol. The number of ether oxygens (including phenoxy) is 2. The molecule has 0 unspecified atom stereocenters. The first kappa shape index (κ1) is 11.8. The number of carbonyl (C=O) groups excluding carboxylic acids is 1. The number of carbonyl (C=O) groups is 1. The van der Waals surface area contributed by atoms with Crippen LogP contribution in [-0.4, -0.2) is 19.8 Å². The van der Waals surface area contributed by atoms with E-state index in [4.69, 9.17) is 9.47 Å². The van der Waals surface area contributed by atoms with Crippen LogP contribution in [-0.2, 0) is 4.74 Å². The number of hydrogen-bond acceptors (Lipinski definition) is 3. The summed E-state index contributed by atoms with van der Waals surface area (Å²) in [6, 6.07) is 5.26. The van der Waals surface area contributed by atoms with Gasteiger partial charge in [0.15, 0.2) is 0 Å². The molecule has 0 heterocycles. The summed E-state index contributed by atoms with van der Waals surface area (Å²) >= 11 is 3.32. The largest absolute Gasteiger partial charge is 0.497 e. The van der Waals surface area contributed by atoms with E-state index in [1.54, 1.807) is 32.2 Å². The molecule has 1 aromatic carbocycles. The summed E-state index contributed by atoms with van der Waals surface area (Å²) in [5, 5.41) is 2.60. The molecule has 0 aromatic heterocycles. The number of hydrogen-bond donors (Lipinski definition) is 1. The van der Waals surface area contributed by atoms with Gasteiger partial charge >= 0.3 is 6.09 Å². The molecule has 0 saturated carbocycles. The molecule has 0 fully saturated rings. The lowest BCUT2D eigenvalue weighted by molar-refractivity contribution is 0.168. The number of halogens is 1. The van der Waals surface area contributed by atoms with Crippen molar-refractivity contribution in [3.8, 4) is 5.75 Å². The van der Waals surface area contributed by atoms with Crippen LogP contribution >= 0.6 is 15.9 Å². The first-order chi connectivity index (χ1) is 7.17. The molecule has 1 aromatic rings. The van der Waals surface area contributed by atoms with Gasteiger partial charge in [0.2, 0.25) is 0 Å². The Balaban J connectivity index is 2.73. The second kappa shape index (κ2) is 5.60. The van der Waals surface area contributed by atoms with E-state index < -0.39 is 6.09 Å².